The number of halogens is 2. The highest BCUT2D eigenvalue weighted by molar-refractivity contribution is 5.97. The molecule has 2 aromatic heterocycles. The quantitative estimate of drug-likeness (QED) is 0.409. The molecule has 5 rings (SSSR count). The van der Waals surface area contributed by atoms with E-state index in [2.05, 4.69) is 4.57 Å². The molecule has 0 radical (unpaired) electrons. The van der Waals surface area contributed by atoms with E-state index < -0.39 is 11.9 Å². The number of nitrogens with zero attached hydrogens (tertiary/aromatic N) is 3. The van der Waals surface area contributed by atoms with Crippen LogP contribution in [0, 0.1) is 6.92 Å². The Morgan fingerprint density at radius 3 is 2.68 bits per heavy atom. The summed E-state index contributed by atoms with van der Waals surface area (Å²) in [6, 6.07) is 9.28. The van der Waals surface area contributed by atoms with Crippen molar-refractivity contribution < 1.29 is 23.4 Å². The number of carboxylic acid groups (broad SMARTS) is 1. The molecule has 0 bridgehead atoms. The van der Waals surface area contributed by atoms with E-state index in [-0.39, 0.29) is 18.4 Å². The van der Waals surface area contributed by atoms with Crippen molar-refractivity contribution in [2.45, 2.75) is 52.1 Å². The molecule has 0 unspecified atom stereocenters. The van der Waals surface area contributed by atoms with Crippen LogP contribution in [-0.4, -0.2) is 44.8 Å². The van der Waals surface area contributed by atoms with Crippen molar-refractivity contribution in [2.24, 2.45) is 0 Å². The van der Waals surface area contributed by atoms with E-state index in [4.69, 9.17) is 9.72 Å². The van der Waals surface area contributed by atoms with Crippen molar-refractivity contribution in [1.29, 1.82) is 0 Å². The van der Waals surface area contributed by atoms with Gasteiger partial charge in [-0.25, -0.2) is 18.6 Å². The summed E-state index contributed by atoms with van der Waals surface area (Å²) in [7, 11) is 1.62. The zero-order valence-corrected chi connectivity index (χ0v) is 19.5. The highest BCUT2D eigenvalue weighted by atomic mass is 19.3. The molecule has 178 valence electrons. The molecular weight excluding hydrogens is 440 g/mol. The predicted octanol–water partition coefficient (Wildman–Crippen LogP) is 5.45. The van der Waals surface area contributed by atoms with E-state index in [0.29, 0.717) is 36.5 Å². The average Bonchev–Trinajstić information content (AvgIpc) is 3.32. The van der Waals surface area contributed by atoms with Gasteiger partial charge in [-0.2, -0.15) is 0 Å². The molecule has 0 aliphatic heterocycles. The zero-order chi connectivity index (χ0) is 24.2. The van der Waals surface area contributed by atoms with Gasteiger partial charge in [0.15, 0.2) is 0 Å². The summed E-state index contributed by atoms with van der Waals surface area (Å²) in [6.07, 6.45) is -0.0126. The van der Waals surface area contributed by atoms with Crippen molar-refractivity contribution in [3.05, 3.63) is 52.7 Å². The van der Waals surface area contributed by atoms with Crippen molar-refractivity contribution in [3.63, 3.8) is 0 Å². The third-order valence-corrected chi connectivity index (χ3v) is 6.95. The van der Waals surface area contributed by atoms with Gasteiger partial charge in [-0.15, -0.1) is 0 Å². The Labute approximate surface area is 195 Å². The van der Waals surface area contributed by atoms with Crippen LogP contribution in [0.25, 0.3) is 33.3 Å². The molecule has 0 atom stereocenters. The first-order valence-electron chi connectivity index (χ1n) is 11.5. The Kier molecular flexibility index (Phi) is 5.43. The second-order valence-corrected chi connectivity index (χ2v) is 8.93. The number of fused-ring (bicyclic) bond motifs is 4. The van der Waals surface area contributed by atoms with Crippen LogP contribution in [0.4, 0.5) is 8.78 Å². The summed E-state index contributed by atoms with van der Waals surface area (Å²) in [5.74, 6) is -3.03. The van der Waals surface area contributed by atoms with Gasteiger partial charge >= 0.3 is 5.97 Å². The Balaban J connectivity index is 1.74. The Morgan fingerprint density at radius 1 is 1.21 bits per heavy atom. The monoisotopic (exact) mass is 467 g/mol. The van der Waals surface area contributed by atoms with Crippen LogP contribution in [0.2, 0.25) is 0 Å². The van der Waals surface area contributed by atoms with Crippen LogP contribution in [0.3, 0.4) is 0 Å². The number of hydrogen-bond acceptors (Lipinski definition) is 3. The van der Waals surface area contributed by atoms with Gasteiger partial charge in [0.25, 0.3) is 5.92 Å². The van der Waals surface area contributed by atoms with Gasteiger partial charge in [-0.1, -0.05) is 0 Å². The fourth-order valence-corrected chi connectivity index (χ4v) is 5.29. The van der Waals surface area contributed by atoms with Crippen LogP contribution < -0.4 is 0 Å². The average molecular weight is 468 g/mol. The molecule has 0 spiro atoms. The van der Waals surface area contributed by atoms with Crippen LogP contribution in [0.5, 0.6) is 0 Å². The van der Waals surface area contributed by atoms with Gasteiger partial charge in [-0.3, -0.25) is 0 Å². The molecule has 34 heavy (non-hydrogen) atoms. The number of methoxy groups -OCH3 is 1. The summed E-state index contributed by atoms with van der Waals surface area (Å²) < 4.78 is 38.2. The van der Waals surface area contributed by atoms with Crippen LogP contribution in [-0.2, 0) is 30.7 Å². The lowest BCUT2D eigenvalue weighted by atomic mass is 9.92. The van der Waals surface area contributed by atoms with Crippen LogP contribution in [0.1, 0.15) is 40.5 Å². The molecular formula is C26H27F2N3O3. The molecule has 0 saturated heterocycles. The van der Waals surface area contributed by atoms with Crippen molar-refractivity contribution in [1.82, 2.24) is 14.1 Å². The SMILES string of the molecule is CCn1c2c(c3cc(-c4nc5c(C)c(C(=O)O)ccc5n4CCOC)ccc31)CC(F)(F)CC2. The van der Waals surface area contributed by atoms with Crippen molar-refractivity contribution in [2.75, 3.05) is 13.7 Å². The molecule has 1 aliphatic carbocycles. The first-order chi connectivity index (χ1) is 16.3. The van der Waals surface area contributed by atoms with E-state index in [9.17, 15) is 18.7 Å². The number of benzene rings is 2. The smallest absolute Gasteiger partial charge is 0.336 e. The van der Waals surface area contributed by atoms with Gasteiger partial charge in [0.05, 0.1) is 23.2 Å². The Hall–Kier alpha value is -3.26. The molecule has 0 saturated carbocycles. The lowest BCUT2D eigenvalue weighted by molar-refractivity contribution is -0.0125. The van der Waals surface area contributed by atoms with Gasteiger partial charge in [-0.05, 0) is 61.7 Å². The second kappa shape index (κ2) is 8.20. The molecule has 2 heterocycles. The normalized spacial score (nSPS) is 15.2. The maximum absolute atomic E-state index is 14.4. The summed E-state index contributed by atoms with van der Waals surface area (Å²) in [5, 5.41) is 10.4. The lowest BCUT2D eigenvalue weighted by Crippen LogP contribution is -2.26. The molecule has 1 aliphatic rings. The Morgan fingerprint density at radius 2 is 1.97 bits per heavy atom. The maximum atomic E-state index is 14.4. The third-order valence-electron chi connectivity index (χ3n) is 6.95. The van der Waals surface area contributed by atoms with Crippen LogP contribution in [0.15, 0.2) is 30.3 Å². The van der Waals surface area contributed by atoms with Gasteiger partial charge in [0.2, 0.25) is 0 Å². The van der Waals surface area contributed by atoms with Gasteiger partial charge < -0.3 is 19.0 Å². The minimum Gasteiger partial charge on any atom is -0.478 e. The van der Waals surface area contributed by atoms with E-state index in [1.807, 2.05) is 29.7 Å². The number of aromatic carboxylic acids is 1. The zero-order valence-electron chi connectivity index (χ0n) is 19.5. The number of imidazole rings is 1. The lowest BCUT2D eigenvalue weighted by Gasteiger charge is -2.23. The summed E-state index contributed by atoms with van der Waals surface area (Å²) in [5.41, 5.74) is 5.72. The number of hydrogen-bond donors (Lipinski definition) is 1. The molecule has 0 amide bonds. The molecule has 0 fully saturated rings. The third kappa shape index (κ3) is 3.48. The van der Waals surface area contributed by atoms with Gasteiger partial charge in [0, 0.05) is 55.2 Å². The van der Waals surface area contributed by atoms with Crippen molar-refractivity contribution >= 4 is 27.9 Å². The fourth-order valence-electron chi connectivity index (χ4n) is 5.29. The minimum atomic E-state index is -2.70. The van der Waals surface area contributed by atoms with E-state index in [1.165, 1.54) is 0 Å². The number of aryl methyl sites for hydroxylation is 2. The van der Waals surface area contributed by atoms with E-state index in [0.717, 1.165) is 39.8 Å². The summed E-state index contributed by atoms with van der Waals surface area (Å²) in [4.78, 5) is 16.5. The minimum absolute atomic E-state index is 0.124. The summed E-state index contributed by atoms with van der Waals surface area (Å²) >= 11 is 0. The molecule has 6 nitrogen and oxygen atoms in total. The number of carboxylic acids is 1. The number of ether oxygens (including phenoxy) is 1. The number of alkyl halides is 2. The topological polar surface area (TPSA) is 69.3 Å². The number of aromatic nitrogens is 3. The Bertz CT molecular complexity index is 1430. The number of carbonyl (C=O) groups is 1. The maximum Gasteiger partial charge on any atom is 0.336 e. The molecule has 1 N–H and O–H groups in total. The number of rotatable bonds is 6. The highest BCUT2D eigenvalue weighted by Gasteiger charge is 2.37. The largest absolute Gasteiger partial charge is 0.478 e. The van der Waals surface area contributed by atoms with Crippen molar-refractivity contribution in [3.8, 4) is 11.4 Å². The van der Waals surface area contributed by atoms with E-state index >= 15 is 0 Å². The molecule has 4 aromatic rings. The standard InChI is InChI=1S/C26H27F2N3O3/c1-4-30-20-7-5-16(13-18(20)19-14-26(27,28)10-9-21(19)30)24-29-23-15(2)17(25(32)33)6-8-22(23)31(24)11-12-34-3/h5-8,13H,4,9-12,14H2,1-3H3,(H,32,33). The molecule has 2 aromatic carbocycles. The van der Waals surface area contributed by atoms with Crippen LogP contribution >= 0.6 is 0 Å². The highest BCUT2D eigenvalue weighted by Crippen LogP contribution is 2.40. The van der Waals surface area contributed by atoms with E-state index in [1.54, 1.807) is 26.2 Å². The molecule has 8 heteroatoms. The van der Waals surface area contributed by atoms with Gasteiger partial charge in [0.1, 0.15) is 5.82 Å². The second-order valence-electron chi connectivity index (χ2n) is 8.93. The fraction of sp³-hybridized carbons (Fsp3) is 0.385. The first kappa shape index (κ1) is 22.5. The first-order valence-corrected chi connectivity index (χ1v) is 11.5. The summed E-state index contributed by atoms with van der Waals surface area (Å²) in [6.45, 7) is 5.49. The predicted molar refractivity (Wildman–Crippen MR) is 127 cm³/mol.